The first kappa shape index (κ1) is 12.3. The lowest BCUT2D eigenvalue weighted by Crippen LogP contribution is -2.18. The highest BCUT2D eigenvalue weighted by Crippen LogP contribution is 2.26. The van der Waals surface area contributed by atoms with Crippen LogP contribution < -0.4 is 4.74 Å². The van der Waals surface area contributed by atoms with Gasteiger partial charge in [-0.05, 0) is 17.7 Å². The Morgan fingerprint density at radius 3 is 2.50 bits per heavy atom. The van der Waals surface area contributed by atoms with Gasteiger partial charge in [-0.15, -0.1) is 13.2 Å². The van der Waals surface area contributed by atoms with E-state index in [2.05, 4.69) is 9.47 Å². The summed E-state index contributed by atoms with van der Waals surface area (Å²) in [5, 5.41) is 0. The SMILES string of the molecule is O=[C]OCc1ccc(OC(F)(F)F)c(F)c1. The summed E-state index contributed by atoms with van der Waals surface area (Å²) in [5.41, 5.74) is 0.190. The second-order valence-corrected chi connectivity index (χ2v) is 2.68. The van der Waals surface area contributed by atoms with Gasteiger partial charge in [0.1, 0.15) is 6.61 Å². The summed E-state index contributed by atoms with van der Waals surface area (Å²) >= 11 is 0. The quantitative estimate of drug-likeness (QED) is 0.754. The molecule has 1 aromatic rings. The number of carbonyl (C=O) groups excluding carboxylic acids is 1. The van der Waals surface area contributed by atoms with Crippen molar-refractivity contribution in [3.63, 3.8) is 0 Å². The third-order valence-corrected chi connectivity index (χ3v) is 1.52. The largest absolute Gasteiger partial charge is 0.573 e. The minimum atomic E-state index is -4.95. The van der Waals surface area contributed by atoms with Crippen molar-refractivity contribution in [2.45, 2.75) is 13.0 Å². The molecule has 1 rings (SSSR count). The van der Waals surface area contributed by atoms with Crippen molar-refractivity contribution in [1.29, 1.82) is 0 Å². The summed E-state index contributed by atoms with van der Waals surface area (Å²) in [6, 6.07) is 2.71. The predicted molar refractivity (Wildman–Crippen MR) is 43.6 cm³/mol. The molecule has 0 heterocycles. The molecule has 0 N–H and O–H groups in total. The van der Waals surface area contributed by atoms with Gasteiger partial charge in [0.05, 0.1) is 0 Å². The van der Waals surface area contributed by atoms with Crippen LogP contribution in [0.2, 0.25) is 0 Å². The van der Waals surface area contributed by atoms with Crippen molar-refractivity contribution in [3.8, 4) is 5.75 Å². The molecular weight excluding hydrogens is 232 g/mol. The van der Waals surface area contributed by atoms with Crippen LogP contribution in [0.1, 0.15) is 5.56 Å². The van der Waals surface area contributed by atoms with Gasteiger partial charge >= 0.3 is 12.8 Å². The maximum absolute atomic E-state index is 13.0. The molecule has 0 fully saturated rings. The Hall–Kier alpha value is -1.79. The Balaban J connectivity index is 2.79. The van der Waals surface area contributed by atoms with E-state index in [-0.39, 0.29) is 12.2 Å². The standard InChI is InChI=1S/C9H5F4O3/c10-7-3-6(4-15-5-14)1-2-8(7)16-9(11,12)13/h1-3H,4H2. The maximum Gasteiger partial charge on any atom is 0.573 e. The molecule has 0 saturated carbocycles. The molecule has 1 radical (unpaired) electrons. The van der Waals surface area contributed by atoms with Crippen LogP contribution in [-0.2, 0) is 16.1 Å². The van der Waals surface area contributed by atoms with E-state index < -0.39 is 17.9 Å². The Morgan fingerprint density at radius 1 is 1.31 bits per heavy atom. The van der Waals surface area contributed by atoms with Crippen LogP contribution in [0.25, 0.3) is 0 Å². The number of hydrogen-bond donors (Lipinski definition) is 0. The van der Waals surface area contributed by atoms with E-state index in [1.165, 1.54) is 0 Å². The van der Waals surface area contributed by atoms with Crippen molar-refractivity contribution >= 4 is 6.47 Å². The Morgan fingerprint density at radius 2 is 2.00 bits per heavy atom. The number of rotatable bonds is 4. The smallest absolute Gasteiger partial charge is 0.452 e. The van der Waals surface area contributed by atoms with Crippen molar-refractivity contribution in [2.24, 2.45) is 0 Å². The Kier molecular flexibility index (Phi) is 3.70. The molecule has 0 amide bonds. The molecule has 0 aromatic heterocycles. The van der Waals surface area contributed by atoms with Crippen molar-refractivity contribution in [3.05, 3.63) is 29.6 Å². The molecule has 87 valence electrons. The van der Waals surface area contributed by atoms with Crippen LogP contribution >= 0.6 is 0 Å². The van der Waals surface area contributed by atoms with Gasteiger partial charge in [-0.3, -0.25) is 0 Å². The molecule has 0 aliphatic carbocycles. The van der Waals surface area contributed by atoms with Crippen LogP contribution in [0.5, 0.6) is 5.75 Å². The van der Waals surface area contributed by atoms with Gasteiger partial charge in [0.25, 0.3) is 0 Å². The zero-order valence-electron chi connectivity index (χ0n) is 7.68. The van der Waals surface area contributed by atoms with Gasteiger partial charge in [0.2, 0.25) is 0 Å². The second kappa shape index (κ2) is 4.82. The number of alkyl halides is 3. The molecule has 7 heteroatoms. The summed E-state index contributed by atoms with van der Waals surface area (Å²) in [5.74, 6) is -2.13. The van der Waals surface area contributed by atoms with Gasteiger partial charge < -0.3 is 9.47 Å². The zero-order chi connectivity index (χ0) is 12.2. The van der Waals surface area contributed by atoms with Gasteiger partial charge in [-0.2, -0.15) is 0 Å². The van der Waals surface area contributed by atoms with E-state index in [9.17, 15) is 22.4 Å². The van der Waals surface area contributed by atoms with Gasteiger partial charge in [-0.25, -0.2) is 9.18 Å². The lowest BCUT2D eigenvalue weighted by atomic mass is 10.2. The van der Waals surface area contributed by atoms with Crippen LogP contribution in [0.4, 0.5) is 17.6 Å². The predicted octanol–water partition coefficient (Wildman–Crippen LogP) is 2.31. The number of ether oxygens (including phenoxy) is 2. The first-order valence-corrected chi connectivity index (χ1v) is 3.95. The van der Waals surface area contributed by atoms with Crippen molar-refractivity contribution in [2.75, 3.05) is 0 Å². The van der Waals surface area contributed by atoms with E-state index in [0.717, 1.165) is 24.7 Å². The normalized spacial score (nSPS) is 11.0. The van der Waals surface area contributed by atoms with Crippen LogP contribution in [-0.4, -0.2) is 12.8 Å². The average molecular weight is 237 g/mol. The first-order chi connectivity index (χ1) is 7.42. The van der Waals surface area contributed by atoms with Crippen molar-refractivity contribution in [1.82, 2.24) is 0 Å². The summed E-state index contributed by atoms with van der Waals surface area (Å²) in [6.45, 7) is 0.834. The van der Waals surface area contributed by atoms with Gasteiger partial charge in [0.15, 0.2) is 11.6 Å². The average Bonchev–Trinajstić information content (AvgIpc) is 2.17. The fourth-order valence-corrected chi connectivity index (χ4v) is 0.954. The molecule has 16 heavy (non-hydrogen) atoms. The summed E-state index contributed by atoms with van der Waals surface area (Å²) in [7, 11) is 0. The van der Waals surface area contributed by atoms with Crippen LogP contribution in [0.3, 0.4) is 0 Å². The summed E-state index contributed by atoms with van der Waals surface area (Å²) in [4.78, 5) is 9.70. The highest BCUT2D eigenvalue weighted by molar-refractivity contribution is 5.39. The van der Waals surface area contributed by atoms with Gasteiger partial charge in [-0.1, -0.05) is 6.07 Å². The fraction of sp³-hybridized carbons (Fsp3) is 0.222. The van der Waals surface area contributed by atoms with Crippen molar-refractivity contribution < 1.29 is 31.8 Å². The number of benzene rings is 1. The molecule has 0 atom stereocenters. The third kappa shape index (κ3) is 3.76. The van der Waals surface area contributed by atoms with E-state index in [4.69, 9.17) is 0 Å². The van der Waals surface area contributed by atoms with E-state index in [1.54, 1.807) is 0 Å². The molecule has 0 aliphatic heterocycles. The molecule has 0 unspecified atom stereocenters. The Bertz CT molecular complexity index is 376. The summed E-state index contributed by atoms with van der Waals surface area (Å²) in [6.07, 6.45) is -4.95. The molecule has 1 aromatic carbocycles. The molecular formula is C9H5F4O3. The van der Waals surface area contributed by atoms with E-state index >= 15 is 0 Å². The maximum atomic E-state index is 13.0. The second-order valence-electron chi connectivity index (χ2n) is 2.68. The van der Waals surface area contributed by atoms with E-state index in [1.807, 2.05) is 0 Å². The minimum Gasteiger partial charge on any atom is -0.452 e. The van der Waals surface area contributed by atoms with Crippen LogP contribution in [0, 0.1) is 5.82 Å². The summed E-state index contributed by atoms with van der Waals surface area (Å²) < 4.78 is 55.9. The molecule has 0 saturated heterocycles. The molecule has 0 bridgehead atoms. The topological polar surface area (TPSA) is 35.5 Å². The van der Waals surface area contributed by atoms with Crippen LogP contribution in [0.15, 0.2) is 18.2 Å². The lowest BCUT2D eigenvalue weighted by molar-refractivity contribution is -0.275. The highest BCUT2D eigenvalue weighted by atomic mass is 19.4. The Labute approximate surface area is 87.6 Å². The van der Waals surface area contributed by atoms with Gasteiger partial charge in [0, 0.05) is 0 Å². The first-order valence-electron chi connectivity index (χ1n) is 3.95. The molecule has 0 spiro atoms. The minimum absolute atomic E-state index is 0.190. The lowest BCUT2D eigenvalue weighted by Gasteiger charge is -2.10. The fourth-order valence-electron chi connectivity index (χ4n) is 0.954. The monoisotopic (exact) mass is 237 g/mol. The molecule has 3 nitrogen and oxygen atoms in total. The zero-order valence-corrected chi connectivity index (χ0v) is 7.68. The number of hydrogen-bond acceptors (Lipinski definition) is 3. The van der Waals surface area contributed by atoms with E-state index in [0.29, 0.717) is 0 Å². The number of halogens is 4. The third-order valence-electron chi connectivity index (χ3n) is 1.52. The molecule has 0 aliphatic rings. The highest BCUT2D eigenvalue weighted by Gasteiger charge is 2.32.